The van der Waals surface area contributed by atoms with Gasteiger partial charge in [0.25, 0.3) is 0 Å². The van der Waals surface area contributed by atoms with Crippen LogP contribution < -0.4 is 9.80 Å². The Bertz CT molecular complexity index is 3650. The van der Waals surface area contributed by atoms with Gasteiger partial charge in [0.2, 0.25) is 0 Å². The topological polar surface area (TPSA) is 6.48 Å². The smallest absolute Gasteiger partial charge is 0.0546 e. The lowest BCUT2D eigenvalue weighted by Crippen LogP contribution is -2.13. The summed E-state index contributed by atoms with van der Waals surface area (Å²) in [7, 11) is 0. The summed E-state index contributed by atoms with van der Waals surface area (Å²) in [5.41, 5.74) is 21.4. The molecule has 2 nitrogen and oxygen atoms in total. The highest BCUT2D eigenvalue weighted by Crippen LogP contribution is 2.49. The maximum absolute atomic E-state index is 2.47. The summed E-state index contributed by atoms with van der Waals surface area (Å²) in [5, 5.41) is 7.21. The molecule has 0 aliphatic heterocycles. The van der Waals surface area contributed by atoms with Gasteiger partial charge >= 0.3 is 0 Å². The molecule has 2 heteroatoms. The average Bonchev–Trinajstić information content (AvgIpc) is 3.43. The minimum atomic E-state index is 1.11. The highest BCUT2D eigenvalue weighted by atomic mass is 15.2. The minimum Gasteiger partial charge on any atom is -0.310 e. The number of fused-ring (bicyclic) bond motifs is 5. The highest BCUT2D eigenvalue weighted by molar-refractivity contribution is 6.24. The first-order valence-corrected chi connectivity index (χ1v) is 25.0. The van der Waals surface area contributed by atoms with E-state index in [2.05, 4.69) is 292 Å². The van der Waals surface area contributed by atoms with Gasteiger partial charge in [-0.05, 0) is 153 Å². The van der Waals surface area contributed by atoms with Gasteiger partial charge in [-0.1, -0.05) is 217 Å². The second-order valence-electron chi connectivity index (χ2n) is 19.2. The Balaban J connectivity index is 1.01. The van der Waals surface area contributed by atoms with E-state index in [9.17, 15) is 0 Å². The van der Waals surface area contributed by atoms with Crippen LogP contribution in [-0.4, -0.2) is 0 Å². The van der Waals surface area contributed by atoms with Crippen molar-refractivity contribution in [1.82, 2.24) is 0 Å². The second-order valence-corrected chi connectivity index (χ2v) is 19.2. The van der Waals surface area contributed by atoms with E-state index < -0.39 is 0 Å². The predicted molar refractivity (Wildman–Crippen MR) is 309 cm³/mol. The Morgan fingerprint density at radius 1 is 0.208 bits per heavy atom. The van der Waals surface area contributed by atoms with Crippen LogP contribution in [0.2, 0.25) is 0 Å². The molecule has 12 aromatic carbocycles. The molecule has 12 rings (SSSR count). The number of anilines is 6. The first-order valence-electron chi connectivity index (χ1n) is 25.0. The van der Waals surface area contributed by atoms with Crippen molar-refractivity contribution in [2.24, 2.45) is 0 Å². The zero-order valence-electron chi connectivity index (χ0n) is 41.1. The van der Waals surface area contributed by atoms with E-state index in [1.807, 2.05) is 0 Å². The minimum absolute atomic E-state index is 1.11. The number of rotatable bonds is 10. The van der Waals surface area contributed by atoms with E-state index in [0.29, 0.717) is 0 Å². The lowest BCUT2D eigenvalue weighted by Gasteiger charge is -2.31. The molecule has 0 amide bonds. The molecule has 0 aromatic heterocycles. The molecule has 72 heavy (non-hydrogen) atoms. The highest BCUT2D eigenvalue weighted by Gasteiger charge is 2.24. The number of benzene rings is 12. The van der Waals surface area contributed by atoms with Gasteiger partial charge in [0, 0.05) is 33.5 Å². The summed E-state index contributed by atoms with van der Waals surface area (Å²) in [6, 6.07) is 93.7. The molecule has 0 spiro atoms. The van der Waals surface area contributed by atoms with Gasteiger partial charge in [0.1, 0.15) is 0 Å². The van der Waals surface area contributed by atoms with E-state index in [4.69, 9.17) is 0 Å². The van der Waals surface area contributed by atoms with Crippen molar-refractivity contribution in [1.29, 1.82) is 0 Å². The van der Waals surface area contributed by atoms with Crippen LogP contribution in [0.1, 0.15) is 22.3 Å². The van der Waals surface area contributed by atoms with Crippen molar-refractivity contribution in [3.05, 3.63) is 277 Å². The van der Waals surface area contributed by atoms with Gasteiger partial charge in [0.05, 0.1) is 11.4 Å². The number of hydrogen-bond donors (Lipinski definition) is 0. The molecule has 0 bridgehead atoms. The number of aryl methyl sites for hydroxylation is 4. The van der Waals surface area contributed by atoms with Crippen molar-refractivity contribution in [2.75, 3.05) is 9.80 Å². The Morgan fingerprint density at radius 2 is 0.486 bits per heavy atom. The van der Waals surface area contributed by atoms with Crippen molar-refractivity contribution in [2.45, 2.75) is 27.7 Å². The van der Waals surface area contributed by atoms with Crippen LogP contribution in [0.5, 0.6) is 0 Å². The van der Waals surface area contributed by atoms with Gasteiger partial charge in [-0.15, -0.1) is 0 Å². The van der Waals surface area contributed by atoms with Crippen LogP contribution in [0.4, 0.5) is 34.1 Å². The molecule has 0 fully saturated rings. The van der Waals surface area contributed by atoms with E-state index in [1.165, 1.54) is 99.1 Å². The maximum atomic E-state index is 2.47. The zero-order chi connectivity index (χ0) is 48.7. The third-order valence-corrected chi connectivity index (χ3v) is 14.4. The van der Waals surface area contributed by atoms with Crippen LogP contribution in [0, 0.1) is 27.7 Å². The van der Waals surface area contributed by atoms with Crippen LogP contribution in [0.15, 0.2) is 255 Å². The van der Waals surface area contributed by atoms with Gasteiger partial charge in [-0.3, -0.25) is 0 Å². The number of nitrogens with zero attached hydrogens (tertiary/aromatic N) is 2. The molecule has 0 aliphatic carbocycles. The second kappa shape index (κ2) is 18.7. The van der Waals surface area contributed by atoms with Crippen molar-refractivity contribution in [3.8, 4) is 44.5 Å². The molecule has 0 radical (unpaired) electrons. The van der Waals surface area contributed by atoms with Crippen LogP contribution >= 0.6 is 0 Å². The monoisotopic (exact) mass is 922 g/mol. The maximum Gasteiger partial charge on any atom is 0.0546 e. The zero-order valence-corrected chi connectivity index (χ0v) is 41.1. The van der Waals surface area contributed by atoms with E-state index in [-0.39, 0.29) is 0 Å². The predicted octanol–water partition coefficient (Wildman–Crippen LogP) is 20.0. The Kier molecular flexibility index (Phi) is 11.5. The van der Waals surface area contributed by atoms with Crippen molar-refractivity contribution < 1.29 is 0 Å². The molecule has 0 unspecified atom stereocenters. The quantitative estimate of drug-likeness (QED) is 0.126. The third kappa shape index (κ3) is 8.27. The Morgan fingerprint density at radius 3 is 0.806 bits per heavy atom. The fraction of sp³-hybridized carbons (Fsp3) is 0.0571. The fourth-order valence-electron chi connectivity index (χ4n) is 10.8. The molecule has 0 N–H and O–H groups in total. The van der Waals surface area contributed by atoms with Crippen LogP contribution in [0.25, 0.3) is 76.8 Å². The Hall–Kier alpha value is -8.98. The Labute approximate surface area is 423 Å². The SMILES string of the molecule is Cc1ccc(N(c2ccc(-c3ccc(-c4ccccc4)cc3)cc2)c2cc3c4ccccc4c(N(c4ccc(-c5ccc(-c6ccccc6)cc5)cc4)c4ccc(C)cc4C)cc3c3ccccc23)c(C)c1. The third-order valence-electron chi connectivity index (χ3n) is 14.4. The summed E-state index contributed by atoms with van der Waals surface area (Å²) in [6.07, 6.45) is 0. The summed E-state index contributed by atoms with van der Waals surface area (Å²) >= 11 is 0. The molecule has 0 saturated heterocycles. The molecular weight excluding hydrogens is 869 g/mol. The standard InChI is InChI=1S/C70H54N2/c1-47-23-41-67(49(3)43-47)71(59-37-33-57(34-38-59)55-29-25-53(26-30-55)51-15-7-5-8-16-51)69-45-65-62-20-12-14-22-64(62)70(46-66(65)61-19-11-13-21-63(61)69)72(68-42-24-48(2)44-50(68)4)60-39-35-58(36-40-60)56-31-27-54(28-32-56)52-17-9-6-10-18-52/h5-46H,1-4H3. The summed E-state index contributed by atoms with van der Waals surface area (Å²) < 4.78 is 0. The first-order chi connectivity index (χ1) is 35.3. The van der Waals surface area contributed by atoms with Gasteiger partial charge < -0.3 is 9.80 Å². The molecule has 12 aromatic rings. The van der Waals surface area contributed by atoms with Crippen LogP contribution in [-0.2, 0) is 0 Å². The first kappa shape index (κ1) is 44.2. The largest absolute Gasteiger partial charge is 0.310 e. The summed E-state index contributed by atoms with van der Waals surface area (Å²) in [5.74, 6) is 0. The van der Waals surface area contributed by atoms with Crippen molar-refractivity contribution in [3.63, 3.8) is 0 Å². The molecule has 0 heterocycles. The molecular formula is C70H54N2. The van der Waals surface area contributed by atoms with E-state index in [1.54, 1.807) is 0 Å². The van der Waals surface area contributed by atoms with E-state index in [0.717, 1.165) is 34.1 Å². The fourth-order valence-corrected chi connectivity index (χ4v) is 10.8. The molecule has 0 aliphatic rings. The lowest BCUT2D eigenvalue weighted by atomic mass is 9.93. The summed E-state index contributed by atoms with van der Waals surface area (Å²) in [4.78, 5) is 4.94. The number of hydrogen-bond acceptors (Lipinski definition) is 2. The van der Waals surface area contributed by atoms with Crippen LogP contribution in [0.3, 0.4) is 0 Å². The van der Waals surface area contributed by atoms with E-state index >= 15 is 0 Å². The normalized spacial score (nSPS) is 11.3. The molecule has 344 valence electrons. The molecule has 0 atom stereocenters. The summed E-state index contributed by atoms with van der Waals surface area (Å²) in [6.45, 7) is 8.82. The van der Waals surface area contributed by atoms with Gasteiger partial charge in [0.15, 0.2) is 0 Å². The van der Waals surface area contributed by atoms with Crippen molar-refractivity contribution >= 4 is 66.4 Å². The average molecular weight is 923 g/mol. The van der Waals surface area contributed by atoms with Gasteiger partial charge in [-0.25, -0.2) is 0 Å². The van der Waals surface area contributed by atoms with Gasteiger partial charge in [-0.2, -0.15) is 0 Å². The molecule has 0 saturated carbocycles. The lowest BCUT2D eigenvalue weighted by molar-refractivity contribution is 1.25.